The minimum Gasteiger partial charge on any atom is -0.503 e. The number of fused-ring (bicyclic) bond motifs is 1. The van der Waals surface area contributed by atoms with Crippen LogP contribution >= 0.6 is 11.6 Å². The molecule has 0 unspecified atom stereocenters. The number of pyridine rings is 2. The first-order valence-electron chi connectivity index (χ1n) is 8.46. The van der Waals surface area contributed by atoms with Gasteiger partial charge in [-0.25, -0.2) is 0 Å². The Bertz CT molecular complexity index is 1080. The van der Waals surface area contributed by atoms with Gasteiger partial charge in [-0.05, 0) is 29.8 Å². The summed E-state index contributed by atoms with van der Waals surface area (Å²) in [6.07, 6.45) is 3.17. The molecule has 1 N–H and O–H groups in total. The van der Waals surface area contributed by atoms with E-state index in [9.17, 15) is 14.7 Å². The van der Waals surface area contributed by atoms with Gasteiger partial charge < -0.3 is 14.6 Å². The van der Waals surface area contributed by atoms with Gasteiger partial charge in [0, 0.05) is 37.1 Å². The summed E-state index contributed by atoms with van der Waals surface area (Å²) in [4.78, 5) is 31.3. The summed E-state index contributed by atoms with van der Waals surface area (Å²) in [5.41, 5.74) is 1.02. The summed E-state index contributed by atoms with van der Waals surface area (Å²) >= 11 is 6.01. The smallest absolute Gasteiger partial charge is 0.274 e. The van der Waals surface area contributed by atoms with E-state index in [1.807, 2.05) is 12.1 Å². The van der Waals surface area contributed by atoms with Gasteiger partial charge in [0.2, 0.25) is 5.43 Å². The predicted octanol–water partition coefficient (Wildman–Crippen LogP) is 2.93. The van der Waals surface area contributed by atoms with E-state index < -0.39 is 11.2 Å². The Morgan fingerprint density at radius 3 is 2.70 bits per heavy atom. The predicted molar refractivity (Wildman–Crippen MR) is 102 cm³/mol. The number of nitrogens with zero attached hydrogens (tertiary/aromatic N) is 3. The number of hydrogen-bond acceptors (Lipinski definition) is 4. The molecule has 1 aromatic carbocycles. The molecule has 0 fully saturated rings. The van der Waals surface area contributed by atoms with E-state index in [-0.39, 0.29) is 17.2 Å². The second-order valence-corrected chi connectivity index (χ2v) is 6.77. The van der Waals surface area contributed by atoms with Crippen LogP contribution in [0.15, 0.2) is 59.7 Å². The Balaban J connectivity index is 1.71. The van der Waals surface area contributed by atoms with Gasteiger partial charge in [0.15, 0.2) is 11.4 Å². The van der Waals surface area contributed by atoms with Crippen molar-refractivity contribution in [3.05, 3.63) is 81.4 Å². The van der Waals surface area contributed by atoms with Crippen LogP contribution in [0.25, 0.3) is 11.3 Å². The first kappa shape index (κ1) is 17.3. The summed E-state index contributed by atoms with van der Waals surface area (Å²) in [5.74, 6) is -0.928. The van der Waals surface area contributed by atoms with Crippen molar-refractivity contribution in [3.8, 4) is 17.0 Å². The third-order valence-electron chi connectivity index (χ3n) is 4.56. The Hall–Kier alpha value is -3.12. The second kappa shape index (κ2) is 6.89. The van der Waals surface area contributed by atoms with E-state index in [0.29, 0.717) is 30.4 Å². The molecule has 0 radical (unpaired) electrons. The molecule has 0 saturated heterocycles. The van der Waals surface area contributed by atoms with Crippen LogP contribution in [0.5, 0.6) is 5.75 Å². The largest absolute Gasteiger partial charge is 0.503 e. The Labute approximate surface area is 160 Å². The highest BCUT2D eigenvalue weighted by Gasteiger charge is 2.30. The third-order valence-corrected chi connectivity index (χ3v) is 4.80. The maximum Gasteiger partial charge on any atom is 0.274 e. The highest BCUT2D eigenvalue weighted by atomic mass is 35.5. The Kier molecular flexibility index (Phi) is 4.41. The SMILES string of the molecule is O=C1c2c(O)c(=O)c(-c3ccccn3)cn2CCN1Cc1cccc(Cl)c1. The van der Waals surface area contributed by atoms with Gasteiger partial charge in [-0.15, -0.1) is 0 Å². The maximum absolute atomic E-state index is 12.9. The van der Waals surface area contributed by atoms with E-state index in [2.05, 4.69) is 4.98 Å². The van der Waals surface area contributed by atoms with Gasteiger partial charge >= 0.3 is 0 Å². The molecule has 4 rings (SSSR count). The summed E-state index contributed by atoms with van der Waals surface area (Å²) in [6, 6.07) is 12.5. The molecule has 1 aliphatic heterocycles. The molecule has 0 aliphatic carbocycles. The normalized spacial score (nSPS) is 13.5. The molecule has 0 bridgehead atoms. The molecule has 1 aliphatic rings. The second-order valence-electron chi connectivity index (χ2n) is 6.33. The molecule has 3 aromatic rings. The highest BCUT2D eigenvalue weighted by Crippen LogP contribution is 2.25. The molecule has 136 valence electrons. The van der Waals surface area contributed by atoms with Gasteiger partial charge in [-0.2, -0.15) is 0 Å². The lowest BCUT2D eigenvalue weighted by atomic mass is 10.1. The van der Waals surface area contributed by atoms with Crippen LogP contribution in [0, 0.1) is 0 Å². The molecule has 6 nitrogen and oxygen atoms in total. The zero-order valence-electron chi connectivity index (χ0n) is 14.3. The number of aromatic hydroxyl groups is 1. The van der Waals surface area contributed by atoms with Crippen molar-refractivity contribution in [1.82, 2.24) is 14.5 Å². The maximum atomic E-state index is 12.9. The lowest BCUT2D eigenvalue weighted by Crippen LogP contribution is -2.41. The summed E-state index contributed by atoms with van der Waals surface area (Å²) in [5, 5.41) is 11.0. The van der Waals surface area contributed by atoms with Crippen LogP contribution in [0.1, 0.15) is 16.1 Å². The summed E-state index contributed by atoms with van der Waals surface area (Å²) in [6.45, 7) is 1.28. The van der Waals surface area contributed by atoms with Gasteiger partial charge in [-0.3, -0.25) is 14.6 Å². The van der Waals surface area contributed by atoms with Gasteiger partial charge in [0.1, 0.15) is 0 Å². The van der Waals surface area contributed by atoms with Crippen molar-refractivity contribution in [2.24, 2.45) is 0 Å². The first-order chi connectivity index (χ1) is 13.0. The summed E-state index contributed by atoms with van der Waals surface area (Å²) in [7, 11) is 0. The molecule has 27 heavy (non-hydrogen) atoms. The van der Waals surface area contributed by atoms with E-state index in [1.54, 1.807) is 52.2 Å². The number of rotatable bonds is 3. The molecule has 7 heteroatoms. The van der Waals surface area contributed by atoms with Crippen molar-refractivity contribution >= 4 is 17.5 Å². The third kappa shape index (κ3) is 3.19. The zero-order valence-corrected chi connectivity index (χ0v) is 15.1. The topological polar surface area (TPSA) is 75.4 Å². The van der Waals surface area contributed by atoms with Crippen LogP contribution in [0.2, 0.25) is 5.02 Å². The van der Waals surface area contributed by atoms with Crippen LogP contribution in [-0.2, 0) is 13.1 Å². The van der Waals surface area contributed by atoms with Crippen molar-refractivity contribution in [1.29, 1.82) is 0 Å². The number of halogens is 1. The Morgan fingerprint density at radius 1 is 1.11 bits per heavy atom. The molecular weight excluding hydrogens is 366 g/mol. The lowest BCUT2D eigenvalue weighted by molar-refractivity contribution is 0.0683. The number of carbonyl (C=O) groups excluding carboxylic acids is 1. The van der Waals surface area contributed by atoms with Crippen LogP contribution < -0.4 is 5.43 Å². The molecule has 3 heterocycles. The first-order valence-corrected chi connectivity index (χ1v) is 8.84. The van der Waals surface area contributed by atoms with Gasteiger partial charge in [0.25, 0.3) is 5.91 Å². The van der Waals surface area contributed by atoms with E-state index in [1.165, 1.54) is 0 Å². The van der Waals surface area contributed by atoms with Crippen molar-refractivity contribution in [2.75, 3.05) is 6.54 Å². The molecule has 2 aromatic heterocycles. The average molecular weight is 382 g/mol. The quantitative estimate of drug-likeness (QED) is 0.756. The average Bonchev–Trinajstić information content (AvgIpc) is 2.67. The molecule has 0 spiro atoms. The van der Waals surface area contributed by atoms with Crippen LogP contribution in [0.4, 0.5) is 0 Å². The fourth-order valence-electron chi connectivity index (χ4n) is 3.24. The number of aromatic nitrogens is 2. The highest BCUT2D eigenvalue weighted by molar-refractivity contribution is 6.30. The van der Waals surface area contributed by atoms with Crippen LogP contribution in [0.3, 0.4) is 0 Å². The van der Waals surface area contributed by atoms with E-state index >= 15 is 0 Å². The number of carbonyl (C=O) groups is 1. The fraction of sp³-hybridized carbons (Fsp3) is 0.150. The van der Waals surface area contributed by atoms with E-state index in [0.717, 1.165) is 5.56 Å². The monoisotopic (exact) mass is 381 g/mol. The minimum atomic E-state index is -0.599. The van der Waals surface area contributed by atoms with Crippen LogP contribution in [-0.4, -0.2) is 32.0 Å². The van der Waals surface area contributed by atoms with E-state index in [4.69, 9.17) is 11.6 Å². The zero-order chi connectivity index (χ0) is 19.0. The lowest BCUT2D eigenvalue weighted by Gasteiger charge is -2.30. The molecule has 0 saturated carbocycles. The number of amides is 1. The number of hydrogen-bond donors (Lipinski definition) is 1. The van der Waals surface area contributed by atoms with Gasteiger partial charge in [0.05, 0.1) is 11.3 Å². The number of benzene rings is 1. The van der Waals surface area contributed by atoms with Crippen molar-refractivity contribution in [2.45, 2.75) is 13.1 Å². The summed E-state index contributed by atoms with van der Waals surface area (Å²) < 4.78 is 1.62. The minimum absolute atomic E-state index is 0.00737. The standard InChI is InChI=1S/C20H16ClN3O3/c21-14-5-3-4-13(10-14)11-24-9-8-23-12-15(16-6-1-2-7-22-16)18(25)19(26)17(23)20(24)27/h1-7,10,12,26H,8-9,11H2. The molecular formula is C20H16ClN3O3. The fourth-order valence-corrected chi connectivity index (χ4v) is 3.45. The van der Waals surface area contributed by atoms with Crippen molar-refractivity contribution < 1.29 is 9.90 Å². The Morgan fingerprint density at radius 2 is 1.96 bits per heavy atom. The molecule has 0 atom stereocenters. The van der Waals surface area contributed by atoms with Gasteiger partial charge in [-0.1, -0.05) is 29.8 Å². The molecule has 1 amide bonds. The van der Waals surface area contributed by atoms with Crippen molar-refractivity contribution in [3.63, 3.8) is 0 Å².